The fraction of sp³-hybridized carbons (Fsp3) is 0.211. The molecule has 7 heteroatoms. The lowest BCUT2D eigenvalue weighted by Gasteiger charge is -2.17. The average molecular weight is 356 g/mol. The van der Waals surface area contributed by atoms with Gasteiger partial charge in [0.1, 0.15) is 6.54 Å². The maximum absolute atomic E-state index is 12.5. The molecule has 0 unspecified atom stereocenters. The van der Waals surface area contributed by atoms with Crippen molar-refractivity contribution in [1.29, 1.82) is 0 Å². The minimum absolute atomic E-state index is 0.193. The number of amides is 1. The number of carbonyl (C=O) groups excluding carboxylic acids is 3. The van der Waals surface area contributed by atoms with Crippen LogP contribution in [0.5, 0.6) is 0 Å². The van der Waals surface area contributed by atoms with Crippen molar-refractivity contribution in [2.75, 3.05) is 12.4 Å². The van der Waals surface area contributed by atoms with E-state index in [1.807, 2.05) is 30.3 Å². The van der Waals surface area contributed by atoms with Crippen molar-refractivity contribution in [2.24, 2.45) is 0 Å². The fourth-order valence-corrected chi connectivity index (χ4v) is 2.46. The van der Waals surface area contributed by atoms with Crippen LogP contribution in [0.1, 0.15) is 22.3 Å². The second-order valence-electron chi connectivity index (χ2n) is 5.63. The molecule has 0 aliphatic rings. The average Bonchev–Trinajstić information content (AvgIpc) is 2.65. The van der Waals surface area contributed by atoms with Gasteiger partial charge in [0.05, 0.1) is 18.4 Å². The number of carboxylic acid groups (broad SMARTS) is 1. The number of carbonyl (C=O) groups is 3. The number of nitrogens with two attached hydrogens (primary N) is 1. The van der Waals surface area contributed by atoms with Gasteiger partial charge in [-0.3, -0.25) is 4.79 Å². The summed E-state index contributed by atoms with van der Waals surface area (Å²) in [6, 6.07) is 14.8. The smallest absolute Gasteiger partial charge is 0.339 e. The molecule has 0 aliphatic carbocycles. The van der Waals surface area contributed by atoms with Crippen LogP contribution in [-0.4, -0.2) is 31.0 Å². The van der Waals surface area contributed by atoms with Crippen LogP contribution in [0.25, 0.3) is 0 Å². The van der Waals surface area contributed by atoms with E-state index in [0.717, 1.165) is 5.56 Å². The highest BCUT2D eigenvalue weighted by molar-refractivity contribution is 6.02. The summed E-state index contributed by atoms with van der Waals surface area (Å²) in [5.74, 6) is -2.44. The Kier molecular flexibility index (Phi) is 6.87. The van der Waals surface area contributed by atoms with Crippen LogP contribution >= 0.6 is 0 Å². The first-order chi connectivity index (χ1) is 12.5. The molecule has 2 aromatic rings. The van der Waals surface area contributed by atoms with E-state index < -0.39 is 30.3 Å². The summed E-state index contributed by atoms with van der Waals surface area (Å²) in [6.45, 7) is 0.435. The Bertz CT molecular complexity index is 777. The zero-order valence-electron chi connectivity index (χ0n) is 14.3. The Morgan fingerprint density at radius 3 is 2.38 bits per heavy atom. The summed E-state index contributed by atoms with van der Waals surface area (Å²) in [5.41, 5.74) is 1.41. The van der Waals surface area contributed by atoms with Gasteiger partial charge in [-0.2, -0.15) is 0 Å². The van der Waals surface area contributed by atoms with Crippen molar-refractivity contribution in [2.45, 2.75) is 19.0 Å². The minimum Gasteiger partial charge on any atom is -0.550 e. The predicted molar refractivity (Wildman–Crippen MR) is 91.9 cm³/mol. The zero-order valence-corrected chi connectivity index (χ0v) is 14.3. The molecule has 0 fully saturated rings. The Labute approximate surface area is 151 Å². The molecule has 2 rings (SSSR count). The lowest BCUT2D eigenvalue weighted by molar-refractivity contribution is -0.691. The Morgan fingerprint density at radius 2 is 1.73 bits per heavy atom. The monoisotopic (exact) mass is 356 g/mol. The maximum atomic E-state index is 12.5. The number of anilines is 1. The van der Waals surface area contributed by atoms with Gasteiger partial charge in [-0.25, -0.2) is 4.79 Å². The number of carboxylic acids is 1. The molecule has 7 nitrogen and oxygen atoms in total. The van der Waals surface area contributed by atoms with E-state index in [0.29, 0.717) is 6.54 Å². The lowest BCUT2D eigenvalue weighted by atomic mass is 10.1. The standard InChI is InChI=1S/C19H20N2O5/c1-26-19(25)14-9-5-6-10-15(14)21-18(24)16(11-17(22)23)20-12-13-7-3-2-4-8-13/h2-10,16,20H,11-12H2,1H3,(H,21,24)(H,22,23)/t16-/m0/s1. The van der Waals surface area contributed by atoms with Gasteiger partial charge in [-0.15, -0.1) is 0 Å². The molecule has 0 aromatic heterocycles. The van der Waals surface area contributed by atoms with E-state index in [1.165, 1.54) is 13.2 Å². The first kappa shape index (κ1) is 19.1. The van der Waals surface area contributed by atoms with Gasteiger partial charge in [0.15, 0.2) is 6.04 Å². The third-order valence-corrected chi connectivity index (χ3v) is 3.79. The van der Waals surface area contributed by atoms with Crippen molar-refractivity contribution >= 4 is 23.5 Å². The molecule has 1 amide bonds. The molecule has 0 aliphatic heterocycles. The summed E-state index contributed by atoms with van der Waals surface area (Å²) in [6.07, 6.45) is -0.445. The molecule has 2 aromatic carbocycles. The van der Waals surface area contributed by atoms with E-state index in [4.69, 9.17) is 0 Å². The lowest BCUT2D eigenvalue weighted by Crippen LogP contribution is -2.91. The van der Waals surface area contributed by atoms with Gasteiger partial charge in [0.25, 0.3) is 5.91 Å². The number of quaternary nitrogens is 1. The van der Waals surface area contributed by atoms with Crippen molar-refractivity contribution in [3.8, 4) is 0 Å². The zero-order chi connectivity index (χ0) is 18.9. The number of nitrogens with one attached hydrogen (secondary N) is 1. The molecule has 26 heavy (non-hydrogen) atoms. The molecule has 0 heterocycles. The summed E-state index contributed by atoms with van der Waals surface area (Å²) in [7, 11) is 1.24. The first-order valence-corrected chi connectivity index (χ1v) is 8.06. The fourth-order valence-electron chi connectivity index (χ4n) is 2.46. The van der Waals surface area contributed by atoms with Gasteiger partial charge >= 0.3 is 5.97 Å². The highest BCUT2D eigenvalue weighted by atomic mass is 16.5. The van der Waals surface area contributed by atoms with Crippen molar-refractivity contribution in [3.05, 3.63) is 65.7 Å². The number of esters is 1. The summed E-state index contributed by atoms with van der Waals surface area (Å²) in [5, 5.41) is 15.2. The topological polar surface area (TPSA) is 112 Å². The Hall–Kier alpha value is -3.19. The number of hydrogen-bond acceptors (Lipinski definition) is 5. The highest BCUT2D eigenvalue weighted by Gasteiger charge is 2.24. The molecule has 0 radical (unpaired) electrons. The summed E-state index contributed by atoms with van der Waals surface area (Å²) in [4.78, 5) is 35.3. The van der Waals surface area contributed by atoms with Crippen LogP contribution in [0.2, 0.25) is 0 Å². The van der Waals surface area contributed by atoms with Crippen LogP contribution in [0.15, 0.2) is 54.6 Å². The van der Waals surface area contributed by atoms with E-state index in [-0.39, 0.29) is 11.3 Å². The van der Waals surface area contributed by atoms with Crippen LogP contribution in [0.4, 0.5) is 5.69 Å². The van der Waals surface area contributed by atoms with Crippen LogP contribution in [0, 0.1) is 0 Å². The van der Waals surface area contributed by atoms with Gasteiger partial charge in [0, 0.05) is 18.0 Å². The van der Waals surface area contributed by atoms with Gasteiger partial charge in [-0.1, -0.05) is 42.5 Å². The summed E-state index contributed by atoms with van der Waals surface area (Å²) < 4.78 is 4.69. The predicted octanol–water partition coefficient (Wildman–Crippen LogP) is -0.316. The number of aliphatic carboxylic acids is 1. The van der Waals surface area contributed by atoms with Crippen molar-refractivity contribution in [1.82, 2.24) is 0 Å². The van der Waals surface area contributed by atoms with Gasteiger partial charge in [0.2, 0.25) is 0 Å². The van der Waals surface area contributed by atoms with Crippen LogP contribution in [-0.2, 0) is 20.9 Å². The molecule has 1 atom stereocenters. The first-order valence-electron chi connectivity index (χ1n) is 8.06. The van der Waals surface area contributed by atoms with Crippen LogP contribution < -0.4 is 15.7 Å². The number of hydrogen-bond donors (Lipinski definition) is 2. The third kappa shape index (κ3) is 5.42. The number of benzene rings is 2. The third-order valence-electron chi connectivity index (χ3n) is 3.79. The maximum Gasteiger partial charge on any atom is 0.339 e. The highest BCUT2D eigenvalue weighted by Crippen LogP contribution is 2.16. The van der Waals surface area contributed by atoms with Crippen molar-refractivity contribution in [3.63, 3.8) is 0 Å². The molecule has 136 valence electrons. The van der Waals surface area contributed by atoms with Gasteiger partial charge in [-0.05, 0) is 12.1 Å². The number of rotatable bonds is 8. The van der Waals surface area contributed by atoms with E-state index in [2.05, 4.69) is 10.1 Å². The second-order valence-corrected chi connectivity index (χ2v) is 5.63. The SMILES string of the molecule is COC(=O)c1ccccc1NC(=O)[C@H](CC(=O)[O-])[NH2+]Cc1ccccc1. The second kappa shape index (κ2) is 9.33. The van der Waals surface area contributed by atoms with Crippen LogP contribution in [0.3, 0.4) is 0 Å². The summed E-state index contributed by atoms with van der Waals surface area (Å²) >= 11 is 0. The normalized spacial score (nSPS) is 11.4. The molecule has 3 N–H and O–H groups in total. The molecule has 0 bridgehead atoms. The van der Waals surface area contributed by atoms with E-state index in [9.17, 15) is 19.5 Å². The largest absolute Gasteiger partial charge is 0.550 e. The molecule has 0 saturated carbocycles. The number of para-hydroxylation sites is 1. The van der Waals surface area contributed by atoms with Crippen molar-refractivity contribution < 1.29 is 29.5 Å². The molecule has 0 saturated heterocycles. The number of methoxy groups -OCH3 is 1. The number of ether oxygens (including phenoxy) is 1. The Morgan fingerprint density at radius 1 is 1.08 bits per heavy atom. The van der Waals surface area contributed by atoms with E-state index in [1.54, 1.807) is 23.5 Å². The van der Waals surface area contributed by atoms with Gasteiger partial charge < -0.3 is 25.3 Å². The molecule has 0 spiro atoms. The minimum atomic E-state index is -1.32. The quantitative estimate of drug-likeness (QED) is 0.630. The van der Waals surface area contributed by atoms with E-state index >= 15 is 0 Å². The molecular weight excluding hydrogens is 336 g/mol. The Balaban J connectivity index is 2.11. The molecular formula is C19H20N2O5.